The van der Waals surface area contributed by atoms with E-state index >= 15 is 0 Å². The zero-order chi connectivity index (χ0) is 12.4. The molecule has 2 aromatic carbocycles. The van der Waals surface area contributed by atoms with Crippen LogP contribution in [0.1, 0.15) is 18.5 Å². The molecule has 2 N–H and O–H groups in total. The highest BCUT2D eigenvalue weighted by molar-refractivity contribution is 9.10. The predicted octanol–water partition coefficient (Wildman–Crippen LogP) is 4.27. The SMILES string of the molecule is CC(N)c1ccc(F)cc1-c1cccc(Br)c1. The molecule has 0 spiro atoms. The largest absolute Gasteiger partial charge is 0.324 e. The first-order valence-electron chi connectivity index (χ1n) is 5.39. The van der Waals surface area contributed by atoms with Gasteiger partial charge in [0.25, 0.3) is 0 Å². The molecule has 1 nitrogen and oxygen atoms in total. The Morgan fingerprint density at radius 2 is 1.94 bits per heavy atom. The lowest BCUT2D eigenvalue weighted by Crippen LogP contribution is -2.06. The fourth-order valence-corrected chi connectivity index (χ4v) is 2.23. The Labute approximate surface area is 109 Å². The van der Waals surface area contributed by atoms with Crippen molar-refractivity contribution in [1.29, 1.82) is 0 Å². The zero-order valence-electron chi connectivity index (χ0n) is 9.45. The topological polar surface area (TPSA) is 26.0 Å². The summed E-state index contributed by atoms with van der Waals surface area (Å²) in [5, 5.41) is 0. The molecule has 1 unspecified atom stereocenters. The van der Waals surface area contributed by atoms with Crippen LogP contribution < -0.4 is 5.73 Å². The molecule has 0 aliphatic rings. The van der Waals surface area contributed by atoms with Gasteiger partial charge in [0.1, 0.15) is 5.82 Å². The number of hydrogen-bond donors (Lipinski definition) is 1. The van der Waals surface area contributed by atoms with Crippen molar-refractivity contribution in [2.24, 2.45) is 5.73 Å². The third kappa shape index (κ3) is 2.73. The molecule has 1 atom stereocenters. The highest BCUT2D eigenvalue weighted by Gasteiger charge is 2.10. The van der Waals surface area contributed by atoms with E-state index in [1.165, 1.54) is 12.1 Å². The fourth-order valence-electron chi connectivity index (χ4n) is 1.83. The van der Waals surface area contributed by atoms with E-state index in [0.29, 0.717) is 0 Å². The van der Waals surface area contributed by atoms with Crippen LogP contribution in [0.15, 0.2) is 46.9 Å². The van der Waals surface area contributed by atoms with Crippen LogP contribution in [0.2, 0.25) is 0 Å². The molecule has 2 rings (SSSR count). The van der Waals surface area contributed by atoms with Crippen LogP contribution in [-0.4, -0.2) is 0 Å². The average Bonchev–Trinajstić information content (AvgIpc) is 2.28. The van der Waals surface area contributed by atoms with E-state index in [1.807, 2.05) is 31.2 Å². The summed E-state index contributed by atoms with van der Waals surface area (Å²) in [5.74, 6) is -0.246. The van der Waals surface area contributed by atoms with Gasteiger partial charge in [-0.25, -0.2) is 4.39 Å². The molecule has 2 aromatic rings. The van der Waals surface area contributed by atoms with E-state index in [0.717, 1.165) is 21.2 Å². The number of hydrogen-bond acceptors (Lipinski definition) is 1. The van der Waals surface area contributed by atoms with Crippen molar-refractivity contribution in [2.45, 2.75) is 13.0 Å². The Morgan fingerprint density at radius 1 is 1.18 bits per heavy atom. The molecule has 88 valence electrons. The lowest BCUT2D eigenvalue weighted by atomic mass is 9.96. The van der Waals surface area contributed by atoms with E-state index in [9.17, 15) is 4.39 Å². The summed E-state index contributed by atoms with van der Waals surface area (Å²) in [4.78, 5) is 0. The molecule has 0 aromatic heterocycles. The third-order valence-electron chi connectivity index (χ3n) is 2.64. The lowest BCUT2D eigenvalue weighted by molar-refractivity contribution is 0.626. The van der Waals surface area contributed by atoms with Gasteiger partial charge in [-0.05, 0) is 47.9 Å². The molecule has 0 bridgehead atoms. The van der Waals surface area contributed by atoms with Gasteiger partial charge in [-0.15, -0.1) is 0 Å². The van der Waals surface area contributed by atoms with E-state index in [-0.39, 0.29) is 11.9 Å². The second-order valence-corrected chi connectivity index (χ2v) is 4.95. The highest BCUT2D eigenvalue weighted by atomic mass is 79.9. The predicted molar refractivity (Wildman–Crippen MR) is 72.1 cm³/mol. The molecule has 0 saturated carbocycles. The third-order valence-corrected chi connectivity index (χ3v) is 3.13. The van der Waals surface area contributed by atoms with Crippen molar-refractivity contribution >= 4 is 15.9 Å². The van der Waals surface area contributed by atoms with Crippen molar-refractivity contribution in [3.05, 3.63) is 58.3 Å². The van der Waals surface area contributed by atoms with Gasteiger partial charge in [0.05, 0.1) is 0 Å². The van der Waals surface area contributed by atoms with Crippen LogP contribution in [0, 0.1) is 5.82 Å². The van der Waals surface area contributed by atoms with E-state index in [1.54, 1.807) is 6.07 Å². The molecule has 17 heavy (non-hydrogen) atoms. The van der Waals surface area contributed by atoms with Crippen LogP contribution in [0.25, 0.3) is 11.1 Å². The van der Waals surface area contributed by atoms with E-state index in [4.69, 9.17) is 5.73 Å². The molecule has 0 fully saturated rings. The smallest absolute Gasteiger partial charge is 0.123 e. The first kappa shape index (κ1) is 12.3. The van der Waals surface area contributed by atoms with Gasteiger partial charge in [-0.2, -0.15) is 0 Å². The van der Waals surface area contributed by atoms with Gasteiger partial charge in [-0.3, -0.25) is 0 Å². The van der Waals surface area contributed by atoms with E-state index in [2.05, 4.69) is 15.9 Å². The first-order valence-corrected chi connectivity index (χ1v) is 6.18. The normalized spacial score (nSPS) is 12.5. The van der Waals surface area contributed by atoms with Crippen LogP contribution in [0.4, 0.5) is 4.39 Å². The van der Waals surface area contributed by atoms with Gasteiger partial charge in [0, 0.05) is 10.5 Å². The van der Waals surface area contributed by atoms with Gasteiger partial charge < -0.3 is 5.73 Å². The average molecular weight is 294 g/mol. The Bertz CT molecular complexity index is 537. The monoisotopic (exact) mass is 293 g/mol. The summed E-state index contributed by atoms with van der Waals surface area (Å²) in [6.07, 6.45) is 0. The highest BCUT2D eigenvalue weighted by Crippen LogP contribution is 2.29. The van der Waals surface area contributed by atoms with Crippen molar-refractivity contribution in [1.82, 2.24) is 0 Å². The second-order valence-electron chi connectivity index (χ2n) is 4.03. The Kier molecular flexibility index (Phi) is 3.60. The van der Waals surface area contributed by atoms with E-state index < -0.39 is 0 Å². The first-order chi connectivity index (χ1) is 8.08. The van der Waals surface area contributed by atoms with Crippen molar-refractivity contribution in [2.75, 3.05) is 0 Å². The molecule has 0 heterocycles. The van der Waals surface area contributed by atoms with Crippen molar-refractivity contribution < 1.29 is 4.39 Å². The quantitative estimate of drug-likeness (QED) is 0.879. The van der Waals surface area contributed by atoms with Crippen LogP contribution >= 0.6 is 15.9 Å². The fraction of sp³-hybridized carbons (Fsp3) is 0.143. The van der Waals surface area contributed by atoms with Gasteiger partial charge >= 0.3 is 0 Å². The van der Waals surface area contributed by atoms with Crippen LogP contribution in [-0.2, 0) is 0 Å². The van der Waals surface area contributed by atoms with Gasteiger partial charge in [-0.1, -0.05) is 34.1 Å². The summed E-state index contributed by atoms with van der Waals surface area (Å²) in [6.45, 7) is 1.90. The maximum Gasteiger partial charge on any atom is 0.123 e. The molecule has 0 aliphatic carbocycles. The number of halogens is 2. The molecule has 0 saturated heterocycles. The lowest BCUT2D eigenvalue weighted by Gasteiger charge is -2.13. The van der Waals surface area contributed by atoms with Crippen molar-refractivity contribution in [3.8, 4) is 11.1 Å². The minimum absolute atomic E-state index is 0.121. The zero-order valence-corrected chi connectivity index (χ0v) is 11.0. The van der Waals surface area contributed by atoms with Crippen LogP contribution in [0.5, 0.6) is 0 Å². The minimum atomic E-state index is -0.246. The minimum Gasteiger partial charge on any atom is -0.324 e. The molecule has 0 amide bonds. The number of rotatable bonds is 2. The van der Waals surface area contributed by atoms with Gasteiger partial charge in [0.15, 0.2) is 0 Å². The van der Waals surface area contributed by atoms with Gasteiger partial charge in [0.2, 0.25) is 0 Å². The molecular formula is C14H13BrFN. The van der Waals surface area contributed by atoms with Crippen LogP contribution in [0.3, 0.4) is 0 Å². The standard InChI is InChI=1S/C14H13BrFN/c1-9(17)13-6-5-12(16)8-14(13)10-3-2-4-11(15)7-10/h2-9H,17H2,1H3. The maximum atomic E-state index is 13.3. The molecular weight excluding hydrogens is 281 g/mol. The molecule has 0 aliphatic heterocycles. The number of nitrogens with two attached hydrogens (primary N) is 1. The summed E-state index contributed by atoms with van der Waals surface area (Å²) < 4.78 is 14.3. The molecule has 0 radical (unpaired) electrons. The van der Waals surface area contributed by atoms with Crippen molar-refractivity contribution in [3.63, 3.8) is 0 Å². The maximum absolute atomic E-state index is 13.3. The second kappa shape index (κ2) is 4.98. The Morgan fingerprint density at radius 3 is 2.59 bits per heavy atom. The molecule has 3 heteroatoms. The summed E-state index contributed by atoms with van der Waals surface area (Å²) in [6, 6.07) is 12.4. The Balaban J connectivity index is 2.61. The summed E-state index contributed by atoms with van der Waals surface area (Å²) in [5.41, 5.74) is 8.67. The summed E-state index contributed by atoms with van der Waals surface area (Å²) >= 11 is 3.41. The number of benzene rings is 2. The Hall–Kier alpha value is -1.19. The summed E-state index contributed by atoms with van der Waals surface area (Å²) in [7, 11) is 0.